The number of ether oxygens (including phenoxy) is 1. The van der Waals surface area contributed by atoms with Gasteiger partial charge in [0.05, 0.1) is 19.3 Å². The second kappa shape index (κ2) is 9.46. The molecule has 5 heteroatoms. The molecule has 0 aliphatic carbocycles. The van der Waals surface area contributed by atoms with Gasteiger partial charge in [-0.3, -0.25) is 0 Å². The van der Waals surface area contributed by atoms with Crippen molar-refractivity contribution in [2.24, 2.45) is 0 Å². The highest BCUT2D eigenvalue weighted by molar-refractivity contribution is 5.41. The van der Waals surface area contributed by atoms with E-state index < -0.39 is 12.2 Å². The van der Waals surface area contributed by atoms with Crippen molar-refractivity contribution in [1.29, 1.82) is 0 Å². The molecule has 0 saturated heterocycles. The third-order valence-electron chi connectivity index (χ3n) is 4.58. The van der Waals surface area contributed by atoms with Crippen LogP contribution in [0.4, 0.5) is 0 Å². The van der Waals surface area contributed by atoms with Gasteiger partial charge in [-0.1, -0.05) is 18.2 Å². The summed E-state index contributed by atoms with van der Waals surface area (Å²) in [5.41, 5.74) is 2.85. The second-order valence-corrected chi connectivity index (χ2v) is 6.75. The number of hydrogen-bond acceptors (Lipinski definition) is 5. The molecule has 0 heterocycles. The Morgan fingerprint density at radius 2 is 1.38 bits per heavy atom. The molecule has 0 radical (unpaired) electrons. The van der Waals surface area contributed by atoms with Crippen LogP contribution < -0.4 is 4.74 Å². The van der Waals surface area contributed by atoms with Crippen LogP contribution in [0.5, 0.6) is 17.2 Å². The van der Waals surface area contributed by atoms with Gasteiger partial charge in [0, 0.05) is 0 Å². The van der Waals surface area contributed by atoms with Crippen molar-refractivity contribution >= 4 is 0 Å². The molecule has 142 valence electrons. The number of benzene rings is 2. The molecule has 0 aliphatic rings. The van der Waals surface area contributed by atoms with Crippen LogP contribution in [-0.4, -0.2) is 39.7 Å². The molecule has 5 nitrogen and oxygen atoms in total. The lowest BCUT2D eigenvalue weighted by Crippen LogP contribution is -2.19. The van der Waals surface area contributed by atoms with E-state index in [9.17, 15) is 20.4 Å². The van der Waals surface area contributed by atoms with E-state index in [1.807, 2.05) is 19.1 Å². The lowest BCUT2D eigenvalue weighted by Gasteiger charge is -2.16. The number of phenols is 2. The first kappa shape index (κ1) is 20.1. The number of aliphatic hydroxyl groups excluding tert-OH is 2. The van der Waals surface area contributed by atoms with E-state index in [0.29, 0.717) is 37.9 Å². The quantitative estimate of drug-likeness (QED) is 0.552. The predicted molar refractivity (Wildman–Crippen MR) is 101 cm³/mol. The minimum atomic E-state index is -0.591. The van der Waals surface area contributed by atoms with E-state index in [-0.39, 0.29) is 11.5 Å². The highest BCUT2D eigenvalue weighted by Crippen LogP contribution is 2.27. The summed E-state index contributed by atoms with van der Waals surface area (Å²) in [7, 11) is 1.50. The number of methoxy groups -OCH3 is 1. The van der Waals surface area contributed by atoms with Gasteiger partial charge >= 0.3 is 0 Å². The second-order valence-electron chi connectivity index (χ2n) is 6.75. The third kappa shape index (κ3) is 5.93. The molecule has 0 amide bonds. The van der Waals surface area contributed by atoms with Crippen LogP contribution in [0.25, 0.3) is 0 Å². The number of aliphatic hydroxyl groups is 2. The zero-order valence-electron chi connectivity index (χ0n) is 15.4. The Bertz CT molecular complexity index is 714. The third-order valence-corrected chi connectivity index (χ3v) is 4.58. The van der Waals surface area contributed by atoms with Gasteiger partial charge in [-0.25, -0.2) is 0 Å². The number of aryl methyl sites for hydroxylation is 3. The molecule has 2 aromatic carbocycles. The number of phenolic OH excluding ortho intramolecular Hbond substituents is 2. The molecule has 0 saturated carbocycles. The molecule has 0 bridgehead atoms. The summed E-state index contributed by atoms with van der Waals surface area (Å²) in [6.45, 7) is 1.84. The van der Waals surface area contributed by atoms with Crippen LogP contribution in [-0.2, 0) is 12.8 Å². The van der Waals surface area contributed by atoms with Gasteiger partial charge < -0.3 is 25.2 Å². The Labute approximate surface area is 154 Å². The zero-order chi connectivity index (χ0) is 19.1. The standard InChI is InChI=1S/C21H28O5/c1-14-11-15(5-9-19(14)24)3-7-17(22)13-18(23)8-4-16-6-10-20(25)21(12-16)26-2/h5-6,9-12,17-18,22-25H,3-4,7-8,13H2,1-2H3. The van der Waals surface area contributed by atoms with Crippen molar-refractivity contribution in [2.45, 2.75) is 51.2 Å². The van der Waals surface area contributed by atoms with Crippen molar-refractivity contribution in [3.8, 4) is 17.2 Å². The number of hydrogen-bond donors (Lipinski definition) is 4. The molecule has 4 N–H and O–H groups in total. The van der Waals surface area contributed by atoms with Crippen LogP contribution in [0.3, 0.4) is 0 Å². The molecule has 0 aromatic heterocycles. The summed E-state index contributed by atoms with van der Waals surface area (Å²) in [6.07, 6.45) is 1.59. The average Bonchev–Trinajstić information content (AvgIpc) is 2.62. The molecule has 26 heavy (non-hydrogen) atoms. The normalized spacial score (nSPS) is 13.4. The highest BCUT2D eigenvalue weighted by atomic mass is 16.5. The molecule has 2 unspecified atom stereocenters. The summed E-state index contributed by atoms with van der Waals surface area (Å²) in [5.74, 6) is 0.786. The SMILES string of the molecule is COc1cc(CCC(O)CC(O)CCc2ccc(O)c(C)c2)ccc1O. The van der Waals surface area contributed by atoms with Gasteiger partial charge in [-0.15, -0.1) is 0 Å². The van der Waals surface area contributed by atoms with E-state index in [1.54, 1.807) is 24.3 Å². The zero-order valence-corrected chi connectivity index (χ0v) is 15.4. The van der Waals surface area contributed by atoms with Gasteiger partial charge in [0.15, 0.2) is 11.5 Å². The van der Waals surface area contributed by atoms with Crippen molar-refractivity contribution in [1.82, 2.24) is 0 Å². The summed E-state index contributed by atoms with van der Waals surface area (Å²) >= 11 is 0. The van der Waals surface area contributed by atoms with E-state index in [2.05, 4.69) is 0 Å². The topological polar surface area (TPSA) is 90.2 Å². The first-order valence-corrected chi connectivity index (χ1v) is 8.89. The maximum atomic E-state index is 10.2. The smallest absolute Gasteiger partial charge is 0.160 e. The Balaban J connectivity index is 1.76. The summed E-state index contributed by atoms with van der Waals surface area (Å²) in [5, 5.41) is 39.5. The van der Waals surface area contributed by atoms with Gasteiger partial charge in [0.25, 0.3) is 0 Å². The average molecular weight is 360 g/mol. The van der Waals surface area contributed by atoms with Gasteiger partial charge in [0.2, 0.25) is 0 Å². The fraction of sp³-hybridized carbons (Fsp3) is 0.429. The molecule has 2 aromatic rings. The molecule has 0 aliphatic heterocycles. The van der Waals surface area contributed by atoms with Crippen LogP contribution in [0.15, 0.2) is 36.4 Å². The van der Waals surface area contributed by atoms with E-state index >= 15 is 0 Å². The van der Waals surface area contributed by atoms with Crippen molar-refractivity contribution in [3.05, 3.63) is 53.1 Å². The fourth-order valence-electron chi connectivity index (χ4n) is 2.97. The van der Waals surface area contributed by atoms with E-state index in [0.717, 1.165) is 16.7 Å². The van der Waals surface area contributed by atoms with Crippen LogP contribution in [0.2, 0.25) is 0 Å². The maximum absolute atomic E-state index is 10.2. The van der Waals surface area contributed by atoms with Gasteiger partial charge in [-0.05, 0) is 73.9 Å². The van der Waals surface area contributed by atoms with Gasteiger partial charge in [0.1, 0.15) is 5.75 Å². The van der Waals surface area contributed by atoms with E-state index in [4.69, 9.17) is 4.74 Å². The van der Waals surface area contributed by atoms with Gasteiger partial charge in [-0.2, -0.15) is 0 Å². The lowest BCUT2D eigenvalue weighted by atomic mass is 9.98. The Morgan fingerprint density at radius 3 is 1.92 bits per heavy atom. The molecular formula is C21H28O5. The number of rotatable bonds is 9. The summed E-state index contributed by atoms with van der Waals surface area (Å²) in [6, 6.07) is 10.6. The molecular weight excluding hydrogens is 332 g/mol. The minimum absolute atomic E-state index is 0.0942. The molecule has 2 atom stereocenters. The molecule has 0 spiro atoms. The summed E-state index contributed by atoms with van der Waals surface area (Å²) < 4.78 is 5.08. The summed E-state index contributed by atoms with van der Waals surface area (Å²) in [4.78, 5) is 0. The Morgan fingerprint density at radius 1 is 0.846 bits per heavy atom. The first-order valence-electron chi connectivity index (χ1n) is 8.89. The Kier molecular flexibility index (Phi) is 7.30. The van der Waals surface area contributed by atoms with Crippen molar-refractivity contribution < 1.29 is 25.2 Å². The maximum Gasteiger partial charge on any atom is 0.160 e. The Hall–Kier alpha value is -2.24. The van der Waals surface area contributed by atoms with E-state index in [1.165, 1.54) is 7.11 Å². The highest BCUT2D eigenvalue weighted by Gasteiger charge is 2.13. The molecule has 0 fully saturated rings. The van der Waals surface area contributed by atoms with Crippen LogP contribution in [0, 0.1) is 6.92 Å². The lowest BCUT2D eigenvalue weighted by molar-refractivity contribution is 0.0714. The first-order chi connectivity index (χ1) is 12.4. The fourth-order valence-corrected chi connectivity index (χ4v) is 2.97. The minimum Gasteiger partial charge on any atom is -0.508 e. The van der Waals surface area contributed by atoms with Crippen molar-refractivity contribution in [3.63, 3.8) is 0 Å². The van der Waals surface area contributed by atoms with Crippen LogP contribution >= 0.6 is 0 Å². The predicted octanol–water partition coefficient (Wildman–Crippen LogP) is 3.09. The van der Waals surface area contributed by atoms with Crippen LogP contribution in [0.1, 0.15) is 36.0 Å². The number of aromatic hydroxyl groups is 2. The molecule has 2 rings (SSSR count). The monoisotopic (exact) mass is 360 g/mol. The van der Waals surface area contributed by atoms with Crippen molar-refractivity contribution in [2.75, 3.05) is 7.11 Å². The largest absolute Gasteiger partial charge is 0.508 e.